The fourth-order valence-electron chi connectivity index (χ4n) is 4.29. The highest BCUT2D eigenvalue weighted by atomic mass is 32.2. The first-order valence-corrected chi connectivity index (χ1v) is 11.0. The molecule has 6 heteroatoms. The standard InChI is InChI=1S/C22H26N2O3S/c1-15-12-22(16(2)11-21(15)27-4)28(25,26)24-10-9-18(14-24)20-13-17-7-5-6-8-19(17)23(20)3/h5-8,11-13,18H,9-10,14H2,1-4H3. The van der Waals surface area contributed by atoms with Crippen LogP contribution in [0, 0.1) is 13.8 Å². The van der Waals surface area contributed by atoms with Gasteiger partial charge in [0.05, 0.1) is 12.0 Å². The molecule has 4 rings (SSSR count). The quantitative estimate of drug-likeness (QED) is 0.668. The molecule has 1 aromatic heterocycles. The van der Waals surface area contributed by atoms with Crippen LogP contribution in [0.4, 0.5) is 0 Å². The highest BCUT2D eigenvalue weighted by molar-refractivity contribution is 7.89. The van der Waals surface area contributed by atoms with Crippen molar-refractivity contribution in [1.82, 2.24) is 8.87 Å². The summed E-state index contributed by atoms with van der Waals surface area (Å²) >= 11 is 0. The van der Waals surface area contributed by atoms with Crippen molar-refractivity contribution in [3.05, 3.63) is 59.3 Å². The Morgan fingerprint density at radius 2 is 1.82 bits per heavy atom. The number of benzene rings is 2. The molecule has 1 unspecified atom stereocenters. The number of fused-ring (bicyclic) bond motifs is 1. The molecule has 0 saturated carbocycles. The zero-order chi connectivity index (χ0) is 20.1. The van der Waals surface area contributed by atoms with Gasteiger partial charge in [0.15, 0.2) is 0 Å². The van der Waals surface area contributed by atoms with E-state index >= 15 is 0 Å². The van der Waals surface area contributed by atoms with E-state index in [4.69, 9.17) is 4.74 Å². The maximum atomic E-state index is 13.3. The molecule has 0 aliphatic carbocycles. The van der Waals surface area contributed by atoms with Crippen LogP contribution in [0.3, 0.4) is 0 Å². The van der Waals surface area contributed by atoms with Crippen molar-refractivity contribution in [2.24, 2.45) is 7.05 Å². The average Bonchev–Trinajstić information content (AvgIpc) is 3.29. The van der Waals surface area contributed by atoms with Gasteiger partial charge in [0.25, 0.3) is 0 Å². The summed E-state index contributed by atoms with van der Waals surface area (Å²) in [5.41, 5.74) is 3.92. The normalized spacial score (nSPS) is 18.1. The molecule has 0 bridgehead atoms. The van der Waals surface area contributed by atoms with Gasteiger partial charge in [-0.15, -0.1) is 0 Å². The second-order valence-electron chi connectivity index (χ2n) is 7.62. The topological polar surface area (TPSA) is 51.5 Å². The lowest BCUT2D eigenvalue weighted by molar-refractivity contribution is 0.410. The number of hydrogen-bond acceptors (Lipinski definition) is 3. The summed E-state index contributed by atoms with van der Waals surface area (Å²) in [5, 5.41) is 1.20. The maximum absolute atomic E-state index is 13.3. The third-order valence-corrected chi connectivity index (χ3v) is 7.88. The van der Waals surface area contributed by atoms with Crippen LogP contribution in [-0.2, 0) is 17.1 Å². The number of ether oxygens (including phenoxy) is 1. The second kappa shape index (κ2) is 6.94. The van der Waals surface area contributed by atoms with Crippen LogP contribution in [0.1, 0.15) is 29.2 Å². The van der Waals surface area contributed by atoms with Crippen molar-refractivity contribution >= 4 is 20.9 Å². The summed E-state index contributed by atoms with van der Waals surface area (Å²) in [6.45, 7) is 4.75. The van der Waals surface area contributed by atoms with Crippen LogP contribution >= 0.6 is 0 Å². The minimum Gasteiger partial charge on any atom is -0.496 e. The van der Waals surface area contributed by atoms with Crippen molar-refractivity contribution < 1.29 is 13.2 Å². The Morgan fingerprint density at radius 1 is 1.07 bits per heavy atom. The van der Waals surface area contributed by atoms with Gasteiger partial charge in [0.1, 0.15) is 5.75 Å². The van der Waals surface area contributed by atoms with E-state index in [-0.39, 0.29) is 5.92 Å². The smallest absolute Gasteiger partial charge is 0.243 e. The van der Waals surface area contributed by atoms with Gasteiger partial charge in [-0.05, 0) is 61.0 Å². The van der Waals surface area contributed by atoms with Crippen LogP contribution in [-0.4, -0.2) is 37.5 Å². The molecule has 0 radical (unpaired) electrons. The number of para-hydroxylation sites is 1. The minimum absolute atomic E-state index is 0.201. The van der Waals surface area contributed by atoms with Crippen LogP contribution in [0.15, 0.2) is 47.4 Å². The lowest BCUT2D eigenvalue weighted by atomic mass is 10.1. The third-order valence-electron chi connectivity index (χ3n) is 5.87. The molecule has 0 spiro atoms. The molecule has 3 aromatic rings. The molecule has 148 valence electrons. The van der Waals surface area contributed by atoms with Gasteiger partial charge < -0.3 is 9.30 Å². The minimum atomic E-state index is -3.53. The zero-order valence-electron chi connectivity index (χ0n) is 16.8. The SMILES string of the molecule is COc1cc(C)c(S(=O)(=O)N2CCC(c3cc4ccccc4n3C)C2)cc1C. The zero-order valence-corrected chi connectivity index (χ0v) is 17.6. The Morgan fingerprint density at radius 3 is 2.54 bits per heavy atom. The molecule has 0 amide bonds. The Bertz CT molecular complexity index is 1150. The van der Waals surface area contributed by atoms with E-state index in [9.17, 15) is 8.42 Å². The monoisotopic (exact) mass is 398 g/mol. The first-order valence-electron chi connectivity index (χ1n) is 9.52. The van der Waals surface area contributed by atoms with E-state index in [2.05, 4.69) is 29.8 Å². The van der Waals surface area contributed by atoms with E-state index < -0.39 is 10.0 Å². The predicted octanol–water partition coefficient (Wildman–Crippen LogP) is 3.98. The molecule has 1 saturated heterocycles. The van der Waals surface area contributed by atoms with Gasteiger partial charge >= 0.3 is 0 Å². The molecular weight excluding hydrogens is 372 g/mol. The molecule has 2 aromatic carbocycles. The molecule has 5 nitrogen and oxygen atoms in total. The van der Waals surface area contributed by atoms with Gasteiger partial charge in [-0.2, -0.15) is 4.31 Å². The first kappa shape index (κ1) is 19.0. The summed E-state index contributed by atoms with van der Waals surface area (Å²) in [7, 11) is 0.131. The van der Waals surface area contributed by atoms with Crippen LogP contribution in [0.5, 0.6) is 5.75 Å². The number of rotatable bonds is 4. The fraction of sp³-hybridized carbons (Fsp3) is 0.364. The van der Waals surface area contributed by atoms with Crippen LogP contribution in [0.25, 0.3) is 10.9 Å². The van der Waals surface area contributed by atoms with Gasteiger partial charge in [-0.3, -0.25) is 0 Å². The Labute approximate surface area is 166 Å². The summed E-state index contributed by atoms with van der Waals surface area (Å²) in [6, 6.07) is 14.0. The molecule has 0 N–H and O–H groups in total. The summed E-state index contributed by atoms with van der Waals surface area (Å²) < 4.78 is 35.8. The van der Waals surface area contributed by atoms with Crippen molar-refractivity contribution in [3.8, 4) is 5.75 Å². The van der Waals surface area contributed by atoms with E-state index in [1.165, 1.54) is 16.6 Å². The Hall–Kier alpha value is -2.31. The van der Waals surface area contributed by atoms with Crippen molar-refractivity contribution in [2.75, 3.05) is 20.2 Å². The highest BCUT2D eigenvalue weighted by Crippen LogP contribution is 2.35. The molecule has 1 atom stereocenters. The van der Waals surface area contributed by atoms with Gasteiger partial charge in [0.2, 0.25) is 10.0 Å². The van der Waals surface area contributed by atoms with E-state index in [0.717, 1.165) is 17.5 Å². The lowest BCUT2D eigenvalue weighted by Crippen LogP contribution is -2.29. The molecule has 1 fully saturated rings. The van der Waals surface area contributed by atoms with E-state index in [1.807, 2.05) is 26.0 Å². The van der Waals surface area contributed by atoms with Crippen molar-refractivity contribution in [2.45, 2.75) is 31.1 Å². The number of aromatic nitrogens is 1. The summed E-state index contributed by atoms with van der Waals surface area (Å²) in [4.78, 5) is 0.378. The Balaban J connectivity index is 1.65. The summed E-state index contributed by atoms with van der Waals surface area (Å²) in [5.74, 6) is 0.915. The van der Waals surface area contributed by atoms with Gasteiger partial charge in [-0.1, -0.05) is 18.2 Å². The van der Waals surface area contributed by atoms with Crippen molar-refractivity contribution in [3.63, 3.8) is 0 Å². The third kappa shape index (κ3) is 3.01. The van der Waals surface area contributed by atoms with Crippen LogP contribution < -0.4 is 4.74 Å². The molecule has 2 heterocycles. The number of aryl methyl sites for hydroxylation is 3. The lowest BCUT2D eigenvalue weighted by Gasteiger charge is -2.19. The van der Waals surface area contributed by atoms with Gasteiger partial charge in [0, 0.05) is 37.3 Å². The van der Waals surface area contributed by atoms with E-state index in [0.29, 0.717) is 23.7 Å². The van der Waals surface area contributed by atoms with Crippen molar-refractivity contribution in [1.29, 1.82) is 0 Å². The second-order valence-corrected chi connectivity index (χ2v) is 9.53. The fourth-order valence-corrected chi connectivity index (χ4v) is 6.08. The summed E-state index contributed by atoms with van der Waals surface area (Å²) in [6.07, 6.45) is 0.831. The molecule has 1 aliphatic rings. The van der Waals surface area contributed by atoms with Crippen LogP contribution in [0.2, 0.25) is 0 Å². The number of methoxy groups -OCH3 is 1. The number of nitrogens with zero attached hydrogens (tertiary/aromatic N) is 2. The predicted molar refractivity (Wildman–Crippen MR) is 112 cm³/mol. The molecule has 1 aliphatic heterocycles. The molecule has 28 heavy (non-hydrogen) atoms. The maximum Gasteiger partial charge on any atom is 0.243 e. The first-order chi connectivity index (χ1) is 13.3. The van der Waals surface area contributed by atoms with Gasteiger partial charge in [-0.25, -0.2) is 8.42 Å². The molecular formula is C22H26N2O3S. The average molecular weight is 399 g/mol. The number of sulfonamides is 1. The largest absolute Gasteiger partial charge is 0.496 e. The Kier molecular flexibility index (Phi) is 4.71. The van der Waals surface area contributed by atoms with E-state index in [1.54, 1.807) is 23.5 Å². The number of hydrogen-bond donors (Lipinski definition) is 0. The highest BCUT2D eigenvalue weighted by Gasteiger charge is 2.35.